The fraction of sp³-hybridized carbons (Fsp3) is 0.933. The lowest BCUT2D eigenvalue weighted by Gasteiger charge is -2.36. The lowest BCUT2D eigenvalue weighted by molar-refractivity contribution is 0.124. The minimum Gasteiger partial charge on any atom is -0.396 e. The summed E-state index contributed by atoms with van der Waals surface area (Å²) in [4.78, 5) is 16.6. The van der Waals surface area contributed by atoms with E-state index in [1.54, 1.807) is 0 Å². The highest BCUT2D eigenvalue weighted by Crippen LogP contribution is 2.17. The van der Waals surface area contributed by atoms with Gasteiger partial charge in [-0.05, 0) is 44.6 Å². The Morgan fingerprint density at radius 3 is 2.65 bits per heavy atom. The molecule has 1 unspecified atom stereocenters. The van der Waals surface area contributed by atoms with E-state index in [0.29, 0.717) is 12.6 Å². The number of urea groups is 1. The van der Waals surface area contributed by atoms with Crippen molar-refractivity contribution < 1.29 is 9.90 Å². The van der Waals surface area contributed by atoms with Crippen molar-refractivity contribution in [3.05, 3.63) is 0 Å². The smallest absolute Gasteiger partial charge is 0.317 e. The standard InChI is InChI=1S/C15H29N3O2/c1-2-7-17-9-5-14(6-10-17)16-15(20)18-8-3-4-13(11-18)12-19/h13-14,19H,2-12H2,1H3,(H,16,20). The van der Waals surface area contributed by atoms with Crippen LogP contribution in [0.3, 0.4) is 0 Å². The summed E-state index contributed by atoms with van der Waals surface area (Å²) >= 11 is 0. The third-order valence-electron chi connectivity index (χ3n) is 4.52. The second-order valence-electron chi connectivity index (χ2n) is 6.20. The minimum absolute atomic E-state index is 0.0668. The van der Waals surface area contributed by atoms with E-state index in [1.165, 1.54) is 13.0 Å². The maximum absolute atomic E-state index is 12.3. The number of likely N-dealkylation sites (tertiary alicyclic amines) is 2. The van der Waals surface area contributed by atoms with Gasteiger partial charge in [-0.15, -0.1) is 0 Å². The van der Waals surface area contributed by atoms with E-state index in [9.17, 15) is 9.90 Å². The van der Waals surface area contributed by atoms with Gasteiger partial charge in [-0.25, -0.2) is 4.79 Å². The molecule has 2 fully saturated rings. The molecule has 0 radical (unpaired) electrons. The number of hydrogen-bond acceptors (Lipinski definition) is 3. The highest BCUT2D eigenvalue weighted by Gasteiger charge is 2.26. The van der Waals surface area contributed by atoms with Crippen LogP contribution in [0.4, 0.5) is 4.79 Å². The molecule has 0 saturated carbocycles. The quantitative estimate of drug-likeness (QED) is 0.817. The first-order valence-corrected chi connectivity index (χ1v) is 8.11. The van der Waals surface area contributed by atoms with E-state index in [1.807, 2.05) is 4.90 Å². The zero-order chi connectivity index (χ0) is 14.4. The van der Waals surface area contributed by atoms with Gasteiger partial charge in [-0.2, -0.15) is 0 Å². The SMILES string of the molecule is CCCN1CCC(NC(=O)N2CCCC(CO)C2)CC1. The summed E-state index contributed by atoms with van der Waals surface area (Å²) < 4.78 is 0. The Morgan fingerprint density at radius 1 is 1.25 bits per heavy atom. The van der Waals surface area contributed by atoms with Crippen molar-refractivity contribution in [3.8, 4) is 0 Å². The molecule has 20 heavy (non-hydrogen) atoms. The Hall–Kier alpha value is -0.810. The molecule has 5 heteroatoms. The van der Waals surface area contributed by atoms with Gasteiger partial charge in [0, 0.05) is 38.8 Å². The number of hydrogen-bond donors (Lipinski definition) is 2. The van der Waals surface area contributed by atoms with Gasteiger partial charge in [0.15, 0.2) is 0 Å². The van der Waals surface area contributed by atoms with E-state index < -0.39 is 0 Å². The number of amides is 2. The average molecular weight is 283 g/mol. The van der Waals surface area contributed by atoms with Crippen LogP contribution in [0.25, 0.3) is 0 Å². The van der Waals surface area contributed by atoms with Crippen LogP contribution < -0.4 is 5.32 Å². The van der Waals surface area contributed by atoms with Crippen molar-refractivity contribution in [1.82, 2.24) is 15.1 Å². The number of aliphatic hydroxyl groups is 1. The zero-order valence-corrected chi connectivity index (χ0v) is 12.7. The van der Waals surface area contributed by atoms with Crippen LogP contribution >= 0.6 is 0 Å². The highest BCUT2D eigenvalue weighted by atomic mass is 16.3. The predicted molar refractivity (Wildman–Crippen MR) is 79.7 cm³/mol. The maximum atomic E-state index is 12.3. The molecule has 2 aliphatic heterocycles. The maximum Gasteiger partial charge on any atom is 0.317 e. The van der Waals surface area contributed by atoms with Crippen LogP contribution in [0.15, 0.2) is 0 Å². The molecule has 116 valence electrons. The summed E-state index contributed by atoms with van der Waals surface area (Å²) in [7, 11) is 0. The number of rotatable bonds is 4. The van der Waals surface area contributed by atoms with Crippen molar-refractivity contribution in [2.45, 2.75) is 45.1 Å². The number of aliphatic hydroxyl groups excluding tert-OH is 1. The highest BCUT2D eigenvalue weighted by molar-refractivity contribution is 5.74. The van der Waals surface area contributed by atoms with E-state index in [-0.39, 0.29) is 18.6 Å². The first-order chi connectivity index (χ1) is 9.72. The van der Waals surface area contributed by atoms with E-state index in [4.69, 9.17) is 0 Å². The molecule has 0 aromatic carbocycles. The molecule has 5 nitrogen and oxygen atoms in total. The molecule has 2 rings (SSSR count). The molecule has 0 aliphatic carbocycles. The molecule has 0 bridgehead atoms. The number of carbonyl (C=O) groups excluding carboxylic acids is 1. The molecular formula is C15H29N3O2. The summed E-state index contributed by atoms with van der Waals surface area (Å²) in [5.74, 6) is 0.265. The Morgan fingerprint density at radius 2 is 2.00 bits per heavy atom. The van der Waals surface area contributed by atoms with Crippen LogP contribution in [0.5, 0.6) is 0 Å². The molecule has 2 aliphatic rings. The Balaban J connectivity index is 1.72. The summed E-state index contributed by atoms with van der Waals surface area (Å²) in [5.41, 5.74) is 0. The Labute approximate surface area is 122 Å². The number of piperidine rings is 2. The molecule has 0 spiro atoms. The Kier molecular flexibility index (Phi) is 6.10. The molecular weight excluding hydrogens is 254 g/mol. The van der Waals surface area contributed by atoms with Crippen molar-refractivity contribution in [3.63, 3.8) is 0 Å². The molecule has 2 heterocycles. The predicted octanol–water partition coefficient (Wildman–Crippen LogP) is 1.27. The summed E-state index contributed by atoms with van der Waals surface area (Å²) in [6.07, 6.45) is 5.36. The molecule has 1 atom stereocenters. The second kappa shape index (κ2) is 7.84. The largest absolute Gasteiger partial charge is 0.396 e. The van der Waals surface area contributed by atoms with Gasteiger partial charge in [0.1, 0.15) is 0 Å². The van der Waals surface area contributed by atoms with Crippen LogP contribution in [0.2, 0.25) is 0 Å². The van der Waals surface area contributed by atoms with E-state index in [0.717, 1.165) is 45.3 Å². The van der Waals surface area contributed by atoms with Crippen molar-refractivity contribution >= 4 is 6.03 Å². The minimum atomic E-state index is 0.0668. The molecule has 0 aromatic heterocycles. The summed E-state index contributed by atoms with van der Waals surface area (Å²) in [6, 6.07) is 0.391. The number of nitrogens with zero attached hydrogens (tertiary/aromatic N) is 2. The average Bonchev–Trinajstić information content (AvgIpc) is 2.49. The third kappa shape index (κ3) is 4.35. The number of carbonyl (C=O) groups is 1. The van der Waals surface area contributed by atoms with Crippen LogP contribution in [0, 0.1) is 5.92 Å². The first kappa shape index (κ1) is 15.6. The van der Waals surface area contributed by atoms with Gasteiger partial charge >= 0.3 is 6.03 Å². The first-order valence-electron chi connectivity index (χ1n) is 8.11. The number of nitrogens with one attached hydrogen (secondary N) is 1. The van der Waals surface area contributed by atoms with E-state index in [2.05, 4.69) is 17.1 Å². The fourth-order valence-corrected chi connectivity index (χ4v) is 3.28. The molecule has 2 N–H and O–H groups in total. The summed E-state index contributed by atoms with van der Waals surface area (Å²) in [6.45, 7) is 7.30. The van der Waals surface area contributed by atoms with Gasteiger partial charge in [0.2, 0.25) is 0 Å². The van der Waals surface area contributed by atoms with Gasteiger partial charge in [0.05, 0.1) is 0 Å². The van der Waals surface area contributed by atoms with Crippen LogP contribution in [-0.4, -0.2) is 66.3 Å². The molecule has 0 aromatic rings. The summed E-state index contributed by atoms with van der Waals surface area (Å²) in [5, 5.41) is 12.4. The second-order valence-corrected chi connectivity index (χ2v) is 6.20. The van der Waals surface area contributed by atoms with Crippen LogP contribution in [0.1, 0.15) is 39.0 Å². The van der Waals surface area contributed by atoms with Gasteiger partial charge < -0.3 is 20.2 Å². The van der Waals surface area contributed by atoms with Gasteiger partial charge in [-0.3, -0.25) is 0 Å². The zero-order valence-electron chi connectivity index (χ0n) is 12.7. The van der Waals surface area contributed by atoms with E-state index >= 15 is 0 Å². The normalized spacial score (nSPS) is 25.7. The van der Waals surface area contributed by atoms with Crippen molar-refractivity contribution in [2.24, 2.45) is 5.92 Å². The molecule has 2 saturated heterocycles. The van der Waals surface area contributed by atoms with Crippen molar-refractivity contribution in [1.29, 1.82) is 0 Å². The third-order valence-corrected chi connectivity index (χ3v) is 4.52. The molecule has 2 amide bonds. The van der Waals surface area contributed by atoms with Crippen LogP contribution in [-0.2, 0) is 0 Å². The van der Waals surface area contributed by atoms with Gasteiger partial charge in [0.25, 0.3) is 0 Å². The lowest BCUT2D eigenvalue weighted by atomic mass is 9.99. The Bertz CT molecular complexity index is 303. The fourth-order valence-electron chi connectivity index (χ4n) is 3.28. The monoisotopic (exact) mass is 283 g/mol. The lowest BCUT2D eigenvalue weighted by Crippen LogP contribution is -2.51. The van der Waals surface area contributed by atoms with Crippen molar-refractivity contribution in [2.75, 3.05) is 39.3 Å². The van der Waals surface area contributed by atoms with Gasteiger partial charge in [-0.1, -0.05) is 6.92 Å². The topological polar surface area (TPSA) is 55.8 Å².